The maximum absolute atomic E-state index is 13.7. The predicted octanol–water partition coefficient (Wildman–Crippen LogP) is 4.52. The Morgan fingerprint density at radius 2 is 1.68 bits per heavy atom. The summed E-state index contributed by atoms with van der Waals surface area (Å²) in [5.74, 6) is -0.857. The van der Waals surface area contributed by atoms with Crippen molar-refractivity contribution in [2.75, 3.05) is 0 Å². The molecule has 0 aromatic heterocycles. The number of Topliss-reactive ketones (excluding diaryl/α,β-unsaturated/α-hetero) is 1. The lowest BCUT2D eigenvalue weighted by molar-refractivity contribution is 0.0989. The summed E-state index contributed by atoms with van der Waals surface area (Å²) < 4.78 is 13.7. The molecule has 1 nitrogen and oxygen atoms in total. The number of aryl methyl sites for hydroxylation is 2. The standard InChI is InChI=1S/C16H14ClFO/c1-10-5-3-6-11(2)12(10)9-15(19)16-13(17)7-4-8-14(16)18/h3-8H,9H2,1-2H3. The van der Waals surface area contributed by atoms with E-state index in [0.29, 0.717) is 0 Å². The van der Waals surface area contributed by atoms with Gasteiger partial charge < -0.3 is 0 Å². The molecule has 0 aliphatic heterocycles. The van der Waals surface area contributed by atoms with E-state index in [9.17, 15) is 9.18 Å². The van der Waals surface area contributed by atoms with Gasteiger partial charge in [-0.3, -0.25) is 4.79 Å². The second kappa shape index (κ2) is 5.54. The van der Waals surface area contributed by atoms with Gasteiger partial charge in [0.1, 0.15) is 5.82 Å². The molecule has 0 saturated carbocycles. The van der Waals surface area contributed by atoms with Crippen LogP contribution in [0.4, 0.5) is 4.39 Å². The SMILES string of the molecule is Cc1cccc(C)c1CC(=O)c1c(F)cccc1Cl. The zero-order valence-electron chi connectivity index (χ0n) is 10.8. The van der Waals surface area contributed by atoms with Crippen molar-refractivity contribution in [2.24, 2.45) is 0 Å². The summed E-state index contributed by atoms with van der Waals surface area (Å²) in [5.41, 5.74) is 2.97. The minimum Gasteiger partial charge on any atom is -0.294 e. The van der Waals surface area contributed by atoms with Crippen molar-refractivity contribution in [3.8, 4) is 0 Å². The highest BCUT2D eigenvalue weighted by atomic mass is 35.5. The molecule has 0 radical (unpaired) electrons. The van der Waals surface area contributed by atoms with Crippen LogP contribution >= 0.6 is 11.6 Å². The molecule has 2 aromatic rings. The van der Waals surface area contributed by atoms with Crippen LogP contribution < -0.4 is 0 Å². The van der Waals surface area contributed by atoms with Crippen molar-refractivity contribution in [1.29, 1.82) is 0 Å². The predicted molar refractivity (Wildman–Crippen MR) is 75.4 cm³/mol. The van der Waals surface area contributed by atoms with Crippen LogP contribution in [0.5, 0.6) is 0 Å². The molecule has 2 rings (SSSR count). The molecule has 19 heavy (non-hydrogen) atoms. The lowest BCUT2D eigenvalue weighted by Crippen LogP contribution is -2.09. The molecule has 0 fully saturated rings. The van der Waals surface area contributed by atoms with Gasteiger partial charge in [-0.2, -0.15) is 0 Å². The lowest BCUT2D eigenvalue weighted by Gasteiger charge is -2.10. The molecule has 0 spiro atoms. The third-order valence-electron chi connectivity index (χ3n) is 3.22. The normalized spacial score (nSPS) is 10.5. The molecule has 0 amide bonds. The molecule has 2 aromatic carbocycles. The fourth-order valence-electron chi connectivity index (χ4n) is 2.14. The van der Waals surface area contributed by atoms with Gasteiger partial charge in [0.05, 0.1) is 10.6 Å². The van der Waals surface area contributed by atoms with Crippen molar-refractivity contribution in [3.63, 3.8) is 0 Å². The van der Waals surface area contributed by atoms with E-state index in [1.165, 1.54) is 18.2 Å². The second-order valence-corrected chi connectivity index (χ2v) is 4.97. The third kappa shape index (κ3) is 2.85. The molecule has 0 aliphatic rings. The Hall–Kier alpha value is -1.67. The smallest absolute Gasteiger partial charge is 0.171 e. The third-order valence-corrected chi connectivity index (χ3v) is 3.54. The summed E-state index contributed by atoms with van der Waals surface area (Å²) in [6.07, 6.45) is 0.166. The first-order valence-electron chi connectivity index (χ1n) is 6.03. The van der Waals surface area contributed by atoms with Crippen LogP contribution in [0.25, 0.3) is 0 Å². The van der Waals surface area contributed by atoms with E-state index >= 15 is 0 Å². The van der Waals surface area contributed by atoms with Crippen LogP contribution in [0.3, 0.4) is 0 Å². The highest BCUT2D eigenvalue weighted by molar-refractivity contribution is 6.34. The maximum atomic E-state index is 13.7. The first-order chi connectivity index (χ1) is 9.00. The van der Waals surface area contributed by atoms with E-state index in [0.717, 1.165) is 16.7 Å². The number of rotatable bonds is 3. The first kappa shape index (κ1) is 13.8. The van der Waals surface area contributed by atoms with Crippen LogP contribution in [-0.2, 0) is 6.42 Å². The number of hydrogen-bond acceptors (Lipinski definition) is 1. The van der Waals surface area contributed by atoms with Gasteiger partial charge in [-0.15, -0.1) is 0 Å². The molecular formula is C16H14ClFO. The summed E-state index contributed by atoms with van der Waals surface area (Å²) >= 11 is 5.91. The van der Waals surface area contributed by atoms with Gasteiger partial charge >= 0.3 is 0 Å². The van der Waals surface area contributed by atoms with Crippen molar-refractivity contribution in [2.45, 2.75) is 20.3 Å². The van der Waals surface area contributed by atoms with Gasteiger partial charge in [-0.1, -0.05) is 35.9 Å². The average Bonchev–Trinajstić information content (AvgIpc) is 2.34. The van der Waals surface area contributed by atoms with E-state index in [-0.39, 0.29) is 22.8 Å². The number of hydrogen-bond donors (Lipinski definition) is 0. The van der Waals surface area contributed by atoms with Crippen molar-refractivity contribution < 1.29 is 9.18 Å². The lowest BCUT2D eigenvalue weighted by atomic mass is 9.95. The van der Waals surface area contributed by atoms with Crippen LogP contribution in [0.15, 0.2) is 36.4 Å². The van der Waals surface area contributed by atoms with Crippen LogP contribution in [0.2, 0.25) is 5.02 Å². The van der Waals surface area contributed by atoms with E-state index in [4.69, 9.17) is 11.6 Å². The van der Waals surface area contributed by atoms with Crippen LogP contribution in [0, 0.1) is 19.7 Å². The molecule has 0 saturated heterocycles. The average molecular weight is 277 g/mol. The molecule has 0 N–H and O–H groups in total. The van der Waals surface area contributed by atoms with Gasteiger partial charge in [-0.25, -0.2) is 4.39 Å². The summed E-state index contributed by atoms with van der Waals surface area (Å²) in [5, 5.41) is 0.163. The highest BCUT2D eigenvalue weighted by Crippen LogP contribution is 2.23. The highest BCUT2D eigenvalue weighted by Gasteiger charge is 2.17. The van der Waals surface area contributed by atoms with Gasteiger partial charge in [0.2, 0.25) is 0 Å². The number of carbonyl (C=O) groups excluding carboxylic acids is 1. The number of benzene rings is 2. The Morgan fingerprint density at radius 3 is 2.26 bits per heavy atom. The van der Waals surface area contributed by atoms with E-state index in [1.54, 1.807) is 0 Å². The zero-order valence-corrected chi connectivity index (χ0v) is 11.6. The molecule has 0 bridgehead atoms. The number of carbonyl (C=O) groups is 1. The van der Waals surface area contributed by atoms with Crippen molar-refractivity contribution in [3.05, 3.63) is 69.5 Å². The van der Waals surface area contributed by atoms with Crippen molar-refractivity contribution in [1.82, 2.24) is 0 Å². The second-order valence-electron chi connectivity index (χ2n) is 4.57. The maximum Gasteiger partial charge on any atom is 0.171 e. The molecule has 0 heterocycles. The minimum atomic E-state index is -0.566. The Labute approximate surface area is 117 Å². The molecule has 0 aliphatic carbocycles. The fraction of sp³-hybridized carbons (Fsp3) is 0.188. The summed E-state index contributed by atoms with van der Waals surface area (Å²) in [6, 6.07) is 10.1. The Bertz CT molecular complexity index is 594. The number of halogens is 2. The quantitative estimate of drug-likeness (QED) is 0.753. The first-order valence-corrected chi connectivity index (χ1v) is 6.41. The molecule has 3 heteroatoms. The van der Waals surface area contributed by atoms with Gasteiger partial charge in [0.25, 0.3) is 0 Å². The van der Waals surface area contributed by atoms with E-state index in [1.807, 2.05) is 32.0 Å². The van der Waals surface area contributed by atoms with Gasteiger partial charge in [-0.05, 0) is 42.7 Å². The van der Waals surface area contributed by atoms with E-state index < -0.39 is 5.82 Å². The molecule has 0 atom stereocenters. The summed E-state index contributed by atoms with van der Waals surface area (Å²) in [6.45, 7) is 3.89. The van der Waals surface area contributed by atoms with Crippen LogP contribution in [0.1, 0.15) is 27.0 Å². The minimum absolute atomic E-state index is 0.0215. The largest absolute Gasteiger partial charge is 0.294 e. The zero-order chi connectivity index (χ0) is 14.0. The van der Waals surface area contributed by atoms with E-state index in [2.05, 4.69) is 0 Å². The van der Waals surface area contributed by atoms with Gasteiger partial charge in [0, 0.05) is 6.42 Å². The topological polar surface area (TPSA) is 17.1 Å². The van der Waals surface area contributed by atoms with Gasteiger partial charge in [0.15, 0.2) is 5.78 Å². The van der Waals surface area contributed by atoms with Crippen LogP contribution in [-0.4, -0.2) is 5.78 Å². The summed E-state index contributed by atoms with van der Waals surface area (Å²) in [7, 11) is 0. The Morgan fingerprint density at radius 1 is 1.11 bits per heavy atom. The Kier molecular flexibility index (Phi) is 4.01. The summed E-state index contributed by atoms with van der Waals surface area (Å²) in [4.78, 5) is 12.2. The number of ketones is 1. The molecule has 0 unspecified atom stereocenters. The molecule has 98 valence electrons. The van der Waals surface area contributed by atoms with Crippen molar-refractivity contribution >= 4 is 17.4 Å². The molecular weight excluding hydrogens is 263 g/mol. The fourth-order valence-corrected chi connectivity index (χ4v) is 2.41. The Balaban J connectivity index is 2.37. The monoisotopic (exact) mass is 276 g/mol.